The summed E-state index contributed by atoms with van der Waals surface area (Å²) >= 11 is 5.44. The number of rotatable bonds is 3. The summed E-state index contributed by atoms with van der Waals surface area (Å²) in [4.78, 5) is 24.6. The third-order valence-corrected chi connectivity index (χ3v) is 3.42. The monoisotopic (exact) mass is 255 g/mol. The average molecular weight is 256 g/mol. The Bertz CT molecular complexity index is 468. The number of hydrogen-bond donors (Lipinski definition) is 0. The Morgan fingerprint density at radius 3 is 2.24 bits per heavy atom. The van der Waals surface area contributed by atoms with Gasteiger partial charge in [0.15, 0.2) is 0 Å². The first-order valence-electron chi connectivity index (χ1n) is 5.21. The standard InChI is InChI=1S/C12H11ClFNO2/c1-15(9-4-2-8(14)3-5-9)11(17)12(6-7-12)10(13)16/h2-5H,6-7H2,1H3. The zero-order valence-electron chi connectivity index (χ0n) is 9.24. The zero-order chi connectivity index (χ0) is 12.6. The lowest BCUT2D eigenvalue weighted by Gasteiger charge is -2.21. The molecule has 1 fully saturated rings. The van der Waals surface area contributed by atoms with E-state index in [1.165, 1.54) is 29.2 Å². The van der Waals surface area contributed by atoms with Gasteiger partial charge < -0.3 is 4.90 Å². The van der Waals surface area contributed by atoms with Crippen LogP contribution in [0.15, 0.2) is 24.3 Å². The highest BCUT2D eigenvalue weighted by atomic mass is 35.5. The summed E-state index contributed by atoms with van der Waals surface area (Å²) in [5.41, 5.74) is -0.509. The molecule has 17 heavy (non-hydrogen) atoms. The minimum Gasteiger partial charge on any atom is -0.315 e. The maximum Gasteiger partial charge on any atom is 0.241 e. The minimum atomic E-state index is -1.05. The molecule has 0 spiro atoms. The lowest BCUT2D eigenvalue weighted by atomic mass is 10.1. The molecule has 1 aromatic rings. The van der Waals surface area contributed by atoms with Gasteiger partial charge in [0.05, 0.1) is 0 Å². The molecule has 0 aromatic heterocycles. The maximum atomic E-state index is 12.7. The predicted octanol–water partition coefficient (Wildman–Crippen LogP) is 2.33. The molecule has 0 unspecified atom stereocenters. The fourth-order valence-electron chi connectivity index (χ4n) is 1.72. The molecule has 0 aliphatic heterocycles. The quantitative estimate of drug-likeness (QED) is 0.614. The Balaban J connectivity index is 2.21. The van der Waals surface area contributed by atoms with E-state index in [0.717, 1.165) is 0 Å². The van der Waals surface area contributed by atoms with Crippen molar-refractivity contribution in [1.82, 2.24) is 0 Å². The van der Waals surface area contributed by atoms with Gasteiger partial charge in [0, 0.05) is 12.7 Å². The molecule has 0 heterocycles. The molecule has 1 aliphatic carbocycles. The van der Waals surface area contributed by atoms with Crippen molar-refractivity contribution in [2.24, 2.45) is 5.41 Å². The molecule has 5 heteroatoms. The lowest BCUT2D eigenvalue weighted by molar-refractivity contribution is -0.130. The van der Waals surface area contributed by atoms with Gasteiger partial charge in [-0.25, -0.2) is 4.39 Å². The first-order chi connectivity index (χ1) is 7.97. The summed E-state index contributed by atoms with van der Waals surface area (Å²) in [7, 11) is 1.55. The largest absolute Gasteiger partial charge is 0.315 e. The highest BCUT2D eigenvalue weighted by molar-refractivity contribution is 6.67. The van der Waals surface area contributed by atoms with Gasteiger partial charge in [-0.05, 0) is 48.7 Å². The van der Waals surface area contributed by atoms with Crippen molar-refractivity contribution >= 4 is 28.4 Å². The SMILES string of the molecule is CN(C(=O)C1(C(=O)Cl)CC1)c1ccc(F)cc1. The van der Waals surface area contributed by atoms with Gasteiger partial charge >= 0.3 is 0 Å². The highest BCUT2D eigenvalue weighted by Crippen LogP contribution is 2.49. The van der Waals surface area contributed by atoms with Gasteiger partial charge in [-0.15, -0.1) is 0 Å². The van der Waals surface area contributed by atoms with E-state index in [-0.39, 0.29) is 11.7 Å². The van der Waals surface area contributed by atoms with E-state index < -0.39 is 10.7 Å². The second kappa shape index (κ2) is 4.11. The Morgan fingerprint density at radius 1 is 1.29 bits per heavy atom. The van der Waals surface area contributed by atoms with E-state index in [9.17, 15) is 14.0 Å². The van der Waals surface area contributed by atoms with Crippen molar-refractivity contribution in [1.29, 1.82) is 0 Å². The van der Waals surface area contributed by atoms with Gasteiger partial charge in [0.1, 0.15) is 11.2 Å². The number of hydrogen-bond acceptors (Lipinski definition) is 2. The van der Waals surface area contributed by atoms with Crippen molar-refractivity contribution in [2.75, 3.05) is 11.9 Å². The van der Waals surface area contributed by atoms with Crippen molar-refractivity contribution < 1.29 is 14.0 Å². The second-order valence-electron chi connectivity index (χ2n) is 4.20. The third-order valence-electron chi connectivity index (χ3n) is 3.05. The molecule has 0 radical (unpaired) electrons. The molecule has 3 nitrogen and oxygen atoms in total. The van der Waals surface area contributed by atoms with Crippen LogP contribution in [0.5, 0.6) is 0 Å². The normalized spacial score (nSPS) is 16.4. The first-order valence-corrected chi connectivity index (χ1v) is 5.59. The summed E-state index contributed by atoms with van der Waals surface area (Å²) in [5.74, 6) is -0.701. The number of carbonyl (C=O) groups excluding carboxylic acids is 2. The van der Waals surface area contributed by atoms with Crippen molar-refractivity contribution in [3.05, 3.63) is 30.1 Å². The van der Waals surface area contributed by atoms with E-state index in [1.807, 2.05) is 0 Å². The molecule has 0 atom stereocenters. The van der Waals surface area contributed by atoms with Gasteiger partial charge in [0.2, 0.25) is 11.1 Å². The molecule has 1 aromatic carbocycles. The summed E-state index contributed by atoms with van der Waals surface area (Å²) < 4.78 is 12.7. The molecular weight excluding hydrogens is 245 g/mol. The third kappa shape index (κ3) is 2.05. The number of benzene rings is 1. The van der Waals surface area contributed by atoms with E-state index in [4.69, 9.17) is 11.6 Å². The molecule has 1 aliphatic rings. The zero-order valence-corrected chi connectivity index (χ0v) is 10.00. The average Bonchev–Trinajstić information content (AvgIpc) is 3.09. The van der Waals surface area contributed by atoms with Gasteiger partial charge in [-0.2, -0.15) is 0 Å². The van der Waals surface area contributed by atoms with Crippen LogP contribution in [0, 0.1) is 11.2 Å². The molecular formula is C12H11ClFNO2. The molecule has 0 N–H and O–H groups in total. The Hall–Kier alpha value is -1.42. The van der Waals surface area contributed by atoms with E-state index in [2.05, 4.69) is 0 Å². The minimum absolute atomic E-state index is 0.330. The maximum absolute atomic E-state index is 12.7. The molecule has 1 saturated carbocycles. The number of anilines is 1. The summed E-state index contributed by atoms with van der Waals surface area (Å²) in [5, 5.41) is -0.614. The topological polar surface area (TPSA) is 37.4 Å². The Labute approximate surface area is 103 Å². The van der Waals surface area contributed by atoms with Gasteiger partial charge in [-0.3, -0.25) is 9.59 Å². The van der Waals surface area contributed by atoms with Crippen LogP contribution in [0.4, 0.5) is 10.1 Å². The van der Waals surface area contributed by atoms with Crippen LogP contribution < -0.4 is 4.90 Å². The summed E-state index contributed by atoms with van der Waals surface area (Å²) in [6.07, 6.45) is 0.972. The second-order valence-corrected chi connectivity index (χ2v) is 4.54. The van der Waals surface area contributed by atoms with E-state index in [1.54, 1.807) is 7.05 Å². The van der Waals surface area contributed by atoms with Crippen LogP contribution in [0.2, 0.25) is 0 Å². The highest BCUT2D eigenvalue weighted by Gasteiger charge is 2.57. The molecule has 0 bridgehead atoms. The van der Waals surface area contributed by atoms with Crippen LogP contribution in [0.25, 0.3) is 0 Å². The van der Waals surface area contributed by atoms with Crippen LogP contribution in [-0.4, -0.2) is 18.2 Å². The molecule has 2 rings (SSSR count). The smallest absolute Gasteiger partial charge is 0.241 e. The van der Waals surface area contributed by atoms with Gasteiger partial charge in [-0.1, -0.05) is 0 Å². The summed E-state index contributed by atoms with van der Waals surface area (Å²) in [6.45, 7) is 0. The van der Waals surface area contributed by atoms with Gasteiger partial charge in [0.25, 0.3) is 0 Å². The number of halogens is 2. The summed E-state index contributed by atoms with van der Waals surface area (Å²) in [6, 6.07) is 5.51. The van der Waals surface area contributed by atoms with Crippen LogP contribution in [0.1, 0.15) is 12.8 Å². The Morgan fingerprint density at radius 2 is 1.82 bits per heavy atom. The lowest BCUT2D eigenvalue weighted by Crippen LogP contribution is -2.37. The van der Waals surface area contributed by atoms with E-state index >= 15 is 0 Å². The van der Waals surface area contributed by atoms with Crippen LogP contribution in [0.3, 0.4) is 0 Å². The van der Waals surface area contributed by atoms with Crippen molar-refractivity contribution in [2.45, 2.75) is 12.8 Å². The molecule has 0 saturated heterocycles. The Kier molecular flexibility index (Phi) is 2.91. The predicted molar refractivity (Wildman–Crippen MR) is 62.3 cm³/mol. The fourth-order valence-corrected chi connectivity index (χ4v) is 1.99. The van der Waals surface area contributed by atoms with Crippen LogP contribution in [-0.2, 0) is 9.59 Å². The molecule has 1 amide bonds. The number of nitrogens with zero attached hydrogens (tertiary/aromatic N) is 1. The first kappa shape index (κ1) is 12.0. The van der Waals surface area contributed by atoms with Crippen LogP contribution >= 0.6 is 11.6 Å². The molecule has 90 valence electrons. The van der Waals surface area contributed by atoms with Crippen molar-refractivity contribution in [3.8, 4) is 0 Å². The number of carbonyl (C=O) groups is 2. The number of amides is 1. The fraction of sp³-hybridized carbons (Fsp3) is 0.333. The van der Waals surface area contributed by atoms with Crippen molar-refractivity contribution in [3.63, 3.8) is 0 Å². The van der Waals surface area contributed by atoms with E-state index in [0.29, 0.717) is 18.5 Å².